The van der Waals surface area contributed by atoms with Gasteiger partial charge in [-0.25, -0.2) is 9.97 Å². The molecule has 3 aromatic heterocycles. The zero-order valence-corrected chi connectivity index (χ0v) is 24.7. The molecule has 3 heterocycles. The van der Waals surface area contributed by atoms with Gasteiger partial charge in [0.05, 0.1) is 27.9 Å². The second kappa shape index (κ2) is 11.0. The SMILES string of the molecule is C/C=C\C=C/Cc1cc(-c2ccccc2)nc(-n2c3ccccc3c3ccc4c5c(n(-c6ccccc6)c4c32)C=CCC5)n1. The fourth-order valence-corrected chi connectivity index (χ4v) is 6.64. The molecule has 0 radical (unpaired) electrons. The van der Waals surface area contributed by atoms with Gasteiger partial charge in [-0.3, -0.25) is 4.57 Å². The van der Waals surface area contributed by atoms with Crippen molar-refractivity contribution >= 4 is 38.8 Å². The van der Waals surface area contributed by atoms with E-state index in [4.69, 9.17) is 9.97 Å². The van der Waals surface area contributed by atoms with E-state index in [1.807, 2.05) is 19.1 Å². The molecule has 0 saturated heterocycles. The molecule has 0 atom stereocenters. The van der Waals surface area contributed by atoms with E-state index in [1.54, 1.807) is 0 Å². The summed E-state index contributed by atoms with van der Waals surface area (Å²) in [5, 5.41) is 3.69. The number of hydrogen-bond donors (Lipinski definition) is 0. The summed E-state index contributed by atoms with van der Waals surface area (Å²) in [4.78, 5) is 10.5. The molecular formula is C40H32N4. The van der Waals surface area contributed by atoms with E-state index in [9.17, 15) is 0 Å². The van der Waals surface area contributed by atoms with Crippen LogP contribution >= 0.6 is 0 Å². The summed E-state index contributed by atoms with van der Waals surface area (Å²) in [5.74, 6) is 0.689. The Balaban J connectivity index is 1.50. The molecule has 1 aliphatic rings. The minimum absolute atomic E-state index is 0.689. The Morgan fingerprint density at radius 3 is 2.32 bits per heavy atom. The van der Waals surface area contributed by atoms with Crippen LogP contribution in [0, 0.1) is 0 Å². The van der Waals surface area contributed by atoms with Crippen LogP contribution < -0.4 is 0 Å². The molecule has 0 saturated carbocycles. The number of fused-ring (bicyclic) bond motifs is 7. The molecule has 0 N–H and O–H groups in total. The Labute approximate surface area is 257 Å². The van der Waals surface area contributed by atoms with Crippen LogP contribution in [-0.4, -0.2) is 19.1 Å². The standard InChI is InChI=1S/C40H32N4/c1-2-3-4-9-18-29-27-35(28-16-7-5-8-17-28)42-40(41-29)44-37-24-15-13-22-32(37)34-26-25-33-31-21-12-14-23-36(31)43(38(33)39(34)44)30-19-10-6-11-20-30/h2-11,13-17,19-20,22-27H,12,18,21H2,1H3/b3-2-,9-4-. The van der Waals surface area contributed by atoms with Crippen molar-refractivity contribution in [2.75, 3.05) is 0 Å². The van der Waals surface area contributed by atoms with Gasteiger partial charge in [0, 0.05) is 39.5 Å². The maximum absolute atomic E-state index is 5.27. The van der Waals surface area contributed by atoms with Crippen LogP contribution in [0.15, 0.2) is 134 Å². The maximum atomic E-state index is 5.27. The zero-order chi connectivity index (χ0) is 29.5. The van der Waals surface area contributed by atoms with Crippen molar-refractivity contribution in [2.45, 2.75) is 26.2 Å². The van der Waals surface area contributed by atoms with Crippen molar-refractivity contribution in [1.82, 2.24) is 19.1 Å². The summed E-state index contributed by atoms with van der Waals surface area (Å²) in [6, 6.07) is 36.6. The van der Waals surface area contributed by atoms with Crippen molar-refractivity contribution in [3.8, 4) is 22.9 Å². The van der Waals surface area contributed by atoms with Gasteiger partial charge >= 0.3 is 0 Å². The van der Waals surface area contributed by atoms with Crippen LogP contribution in [0.2, 0.25) is 0 Å². The van der Waals surface area contributed by atoms with Gasteiger partial charge in [-0.15, -0.1) is 0 Å². The summed E-state index contributed by atoms with van der Waals surface area (Å²) in [6.45, 7) is 2.03. The van der Waals surface area contributed by atoms with Crippen molar-refractivity contribution in [2.24, 2.45) is 0 Å². The molecule has 0 aliphatic heterocycles. The molecule has 0 amide bonds. The summed E-state index contributed by atoms with van der Waals surface area (Å²) in [5.41, 5.74) is 10.2. The van der Waals surface area contributed by atoms with Crippen LogP contribution in [-0.2, 0) is 12.8 Å². The Bertz CT molecular complexity index is 2250. The van der Waals surface area contributed by atoms with Gasteiger partial charge in [0.2, 0.25) is 5.95 Å². The second-order valence-electron chi connectivity index (χ2n) is 11.3. The van der Waals surface area contributed by atoms with Crippen molar-refractivity contribution in [3.05, 3.63) is 150 Å². The predicted octanol–water partition coefficient (Wildman–Crippen LogP) is 9.82. The van der Waals surface area contributed by atoms with E-state index < -0.39 is 0 Å². The van der Waals surface area contributed by atoms with E-state index in [1.165, 1.54) is 32.9 Å². The number of benzene rings is 4. The second-order valence-corrected chi connectivity index (χ2v) is 11.3. The van der Waals surface area contributed by atoms with Crippen LogP contribution in [0.4, 0.5) is 0 Å². The summed E-state index contributed by atoms with van der Waals surface area (Å²) >= 11 is 0. The fourth-order valence-electron chi connectivity index (χ4n) is 6.64. The average molecular weight is 569 g/mol. The topological polar surface area (TPSA) is 35.6 Å². The lowest BCUT2D eigenvalue weighted by molar-refractivity contribution is 0.947. The zero-order valence-electron chi connectivity index (χ0n) is 24.7. The number of aryl methyl sites for hydroxylation is 1. The van der Waals surface area contributed by atoms with Gasteiger partial charge < -0.3 is 4.57 Å². The first kappa shape index (κ1) is 26.2. The third-order valence-corrected chi connectivity index (χ3v) is 8.56. The molecular weight excluding hydrogens is 536 g/mol. The maximum Gasteiger partial charge on any atom is 0.235 e. The molecule has 4 nitrogen and oxygen atoms in total. The van der Waals surface area contributed by atoms with Gasteiger partial charge in [0.15, 0.2) is 0 Å². The highest BCUT2D eigenvalue weighted by atomic mass is 15.2. The highest BCUT2D eigenvalue weighted by Crippen LogP contribution is 2.42. The van der Waals surface area contributed by atoms with E-state index in [-0.39, 0.29) is 0 Å². The Hall–Kier alpha value is -5.48. The lowest BCUT2D eigenvalue weighted by atomic mass is 10.00. The van der Waals surface area contributed by atoms with Gasteiger partial charge in [-0.2, -0.15) is 0 Å². The average Bonchev–Trinajstić information content (AvgIpc) is 3.61. The highest BCUT2D eigenvalue weighted by molar-refractivity contribution is 6.19. The Kier molecular flexibility index (Phi) is 6.53. The van der Waals surface area contributed by atoms with Crippen molar-refractivity contribution in [3.63, 3.8) is 0 Å². The first-order chi connectivity index (χ1) is 21.8. The molecule has 44 heavy (non-hydrogen) atoms. The largest absolute Gasteiger partial charge is 0.308 e. The van der Waals surface area contributed by atoms with Crippen molar-refractivity contribution < 1.29 is 0 Å². The number of allylic oxidation sites excluding steroid dienone is 5. The number of aromatic nitrogens is 4. The number of nitrogens with zero attached hydrogens (tertiary/aromatic N) is 4. The minimum atomic E-state index is 0.689. The number of rotatable bonds is 6. The lowest BCUT2D eigenvalue weighted by Crippen LogP contribution is -2.06. The summed E-state index contributed by atoms with van der Waals surface area (Å²) in [7, 11) is 0. The van der Waals surface area contributed by atoms with Crippen LogP contribution in [0.5, 0.6) is 0 Å². The quantitative estimate of drug-likeness (QED) is 0.187. The van der Waals surface area contributed by atoms with Gasteiger partial charge in [-0.1, -0.05) is 109 Å². The Morgan fingerprint density at radius 1 is 0.727 bits per heavy atom. The van der Waals surface area contributed by atoms with Gasteiger partial charge in [-0.05, 0) is 55.7 Å². The first-order valence-corrected chi connectivity index (χ1v) is 15.3. The predicted molar refractivity (Wildman–Crippen MR) is 184 cm³/mol. The molecule has 1 aliphatic carbocycles. The highest BCUT2D eigenvalue weighted by Gasteiger charge is 2.25. The monoisotopic (exact) mass is 568 g/mol. The third-order valence-electron chi connectivity index (χ3n) is 8.56. The molecule has 0 fully saturated rings. The van der Waals surface area contributed by atoms with E-state index in [0.717, 1.165) is 46.5 Å². The molecule has 0 unspecified atom stereocenters. The molecule has 212 valence electrons. The summed E-state index contributed by atoms with van der Waals surface area (Å²) < 4.78 is 4.74. The molecule has 8 rings (SSSR count). The van der Waals surface area contributed by atoms with Crippen LogP contribution in [0.25, 0.3) is 61.7 Å². The molecule has 7 aromatic rings. The molecule has 4 aromatic carbocycles. The lowest BCUT2D eigenvalue weighted by Gasteiger charge is -2.14. The van der Waals surface area contributed by atoms with Crippen LogP contribution in [0.1, 0.15) is 30.3 Å². The van der Waals surface area contributed by atoms with Gasteiger partial charge in [0.1, 0.15) is 0 Å². The first-order valence-electron chi connectivity index (χ1n) is 15.3. The minimum Gasteiger partial charge on any atom is -0.308 e. The molecule has 4 heteroatoms. The third kappa shape index (κ3) is 4.30. The van der Waals surface area contributed by atoms with E-state index in [2.05, 4.69) is 137 Å². The molecule has 0 bridgehead atoms. The number of para-hydroxylation sites is 2. The van der Waals surface area contributed by atoms with E-state index >= 15 is 0 Å². The van der Waals surface area contributed by atoms with Crippen molar-refractivity contribution in [1.29, 1.82) is 0 Å². The Morgan fingerprint density at radius 2 is 1.48 bits per heavy atom. The van der Waals surface area contributed by atoms with Gasteiger partial charge in [0.25, 0.3) is 0 Å². The van der Waals surface area contributed by atoms with E-state index in [0.29, 0.717) is 12.4 Å². The normalized spacial score (nSPS) is 13.2. The fraction of sp³-hybridized carbons (Fsp3) is 0.100. The molecule has 0 spiro atoms. The summed E-state index contributed by atoms with van der Waals surface area (Å²) in [6.07, 6.45) is 15.7. The smallest absolute Gasteiger partial charge is 0.235 e. The number of hydrogen-bond acceptors (Lipinski definition) is 2. The van der Waals surface area contributed by atoms with Crippen LogP contribution in [0.3, 0.4) is 0 Å².